The predicted molar refractivity (Wildman–Crippen MR) is 64.0 cm³/mol. The van der Waals surface area contributed by atoms with Gasteiger partial charge in [0, 0.05) is 17.0 Å². The maximum Gasteiger partial charge on any atom is 0.0708 e. The molecule has 2 aromatic carbocycles. The molecule has 0 fully saturated rings. The Morgan fingerprint density at radius 2 is 1.80 bits per heavy atom. The van der Waals surface area contributed by atoms with Gasteiger partial charge in [-0.1, -0.05) is 42.0 Å². The number of benzene rings is 2. The number of hydrogen-bond donors (Lipinski definition) is 0. The third-order valence-corrected chi connectivity index (χ3v) is 2.75. The number of aromatic nitrogens is 1. The first-order chi connectivity index (χ1) is 7.34. The third kappa shape index (κ3) is 1.28. The number of pyridine rings is 1. The lowest BCUT2D eigenvalue weighted by atomic mass is 10.0. The zero-order valence-corrected chi connectivity index (χ0v) is 8.57. The van der Waals surface area contributed by atoms with Crippen LogP contribution in [-0.4, -0.2) is 4.98 Å². The van der Waals surface area contributed by atoms with Gasteiger partial charge in [-0.25, -0.2) is 0 Å². The molecule has 0 aliphatic carbocycles. The first-order valence-corrected chi connectivity index (χ1v) is 5.09. The maximum atomic E-state index is 4.44. The van der Waals surface area contributed by atoms with Gasteiger partial charge in [0.25, 0.3) is 0 Å². The van der Waals surface area contributed by atoms with Gasteiger partial charge in [-0.2, -0.15) is 0 Å². The molecule has 0 spiro atoms. The largest absolute Gasteiger partial charge is 0.256 e. The van der Waals surface area contributed by atoms with Crippen LogP contribution in [0.1, 0.15) is 5.56 Å². The minimum Gasteiger partial charge on any atom is -0.256 e. The Morgan fingerprint density at radius 3 is 2.73 bits per heavy atom. The molecule has 72 valence electrons. The Kier molecular flexibility index (Phi) is 1.72. The Hall–Kier alpha value is -1.89. The van der Waals surface area contributed by atoms with Crippen LogP contribution in [0.15, 0.2) is 48.7 Å². The standard InChI is InChI=1S/C14H11N/c1-10-6-7-11-9-15-14-5-3-2-4-12(14)13(11)8-10/h2-9H,1H3. The van der Waals surface area contributed by atoms with E-state index in [9.17, 15) is 0 Å². The lowest BCUT2D eigenvalue weighted by Gasteiger charge is -2.03. The van der Waals surface area contributed by atoms with Crippen LogP contribution in [0.3, 0.4) is 0 Å². The number of fused-ring (bicyclic) bond motifs is 3. The Balaban J connectivity index is 2.57. The zero-order valence-electron chi connectivity index (χ0n) is 8.57. The van der Waals surface area contributed by atoms with Crippen molar-refractivity contribution in [3.8, 4) is 0 Å². The quantitative estimate of drug-likeness (QED) is 0.496. The van der Waals surface area contributed by atoms with Gasteiger partial charge in [0.15, 0.2) is 0 Å². The molecular weight excluding hydrogens is 182 g/mol. The molecule has 0 saturated carbocycles. The summed E-state index contributed by atoms with van der Waals surface area (Å²) >= 11 is 0. The highest BCUT2D eigenvalue weighted by molar-refractivity contribution is 6.05. The van der Waals surface area contributed by atoms with E-state index in [0.29, 0.717) is 0 Å². The molecule has 3 rings (SSSR count). The summed E-state index contributed by atoms with van der Waals surface area (Å²) in [6.07, 6.45) is 1.94. The number of hydrogen-bond acceptors (Lipinski definition) is 1. The van der Waals surface area contributed by atoms with E-state index in [0.717, 1.165) is 5.52 Å². The van der Waals surface area contributed by atoms with Crippen molar-refractivity contribution in [3.05, 3.63) is 54.2 Å². The van der Waals surface area contributed by atoms with Crippen molar-refractivity contribution in [1.29, 1.82) is 0 Å². The smallest absolute Gasteiger partial charge is 0.0708 e. The molecule has 3 aromatic rings. The van der Waals surface area contributed by atoms with Crippen molar-refractivity contribution in [3.63, 3.8) is 0 Å². The fourth-order valence-electron chi connectivity index (χ4n) is 1.97. The molecule has 0 saturated heterocycles. The summed E-state index contributed by atoms with van der Waals surface area (Å²) in [5.74, 6) is 0. The second kappa shape index (κ2) is 3.06. The predicted octanol–water partition coefficient (Wildman–Crippen LogP) is 3.70. The van der Waals surface area contributed by atoms with E-state index >= 15 is 0 Å². The minimum atomic E-state index is 1.07. The van der Waals surface area contributed by atoms with Crippen LogP contribution in [0.5, 0.6) is 0 Å². The monoisotopic (exact) mass is 193 g/mol. The Morgan fingerprint density at radius 1 is 0.933 bits per heavy atom. The van der Waals surface area contributed by atoms with Crippen LogP contribution in [0.25, 0.3) is 21.7 Å². The van der Waals surface area contributed by atoms with Gasteiger partial charge in [-0.3, -0.25) is 4.98 Å². The van der Waals surface area contributed by atoms with Crippen LogP contribution in [0, 0.1) is 6.92 Å². The lowest BCUT2D eigenvalue weighted by Crippen LogP contribution is -1.82. The summed E-state index contributed by atoms with van der Waals surface area (Å²) in [5.41, 5.74) is 2.36. The van der Waals surface area contributed by atoms with Crippen LogP contribution in [0.2, 0.25) is 0 Å². The van der Waals surface area contributed by atoms with E-state index in [1.807, 2.05) is 12.3 Å². The van der Waals surface area contributed by atoms with E-state index in [1.165, 1.54) is 21.7 Å². The molecule has 0 N–H and O–H groups in total. The number of nitrogens with zero attached hydrogens (tertiary/aromatic N) is 1. The summed E-state index contributed by atoms with van der Waals surface area (Å²) < 4.78 is 0. The van der Waals surface area contributed by atoms with Gasteiger partial charge in [-0.05, 0) is 18.4 Å². The second-order valence-corrected chi connectivity index (χ2v) is 3.87. The first-order valence-electron chi connectivity index (χ1n) is 5.09. The van der Waals surface area contributed by atoms with Crippen LogP contribution in [-0.2, 0) is 0 Å². The van der Waals surface area contributed by atoms with Crippen molar-refractivity contribution in [2.24, 2.45) is 0 Å². The molecular formula is C14H11N. The molecule has 0 unspecified atom stereocenters. The zero-order chi connectivity index (χ0) is 10.3. The molecule has 0 bridgehead atoms. The summed E-state index contributed by atoms with van der Waals surface area (Å²) in [6, 6.07) is 14.7. The Bertz CT molecular complexity index is 641. The maximum absolute atomic E-state index is 4.44. The van der Waals surface area contributed by atoms with E-state index in [1.54, 1.807) is 0 Å². The van der Waals surface area contributed by atoms with Crippen molar-refractivity contribution in [1.82, 2.24) is 4.98 Å². The van der Waals surface area contributed by atoms with Crippen molar-refractivity contribution in [2.45, 2.75) is 6.92 Å². The van der Waals surface area contributed by atoms with Crippen LogP contribution in [0.4, 0.5) is 0 Å². The van der Waals surface area contributed by atoms with Gasteiger partial charge in [0.05, 0.1) is 5.52 Å². The lowest BCUT2D eigenvalue weighted by molar-refractivity contribution is 1.43. The summed E-state index contributed by atoms with van der Waals surface area (Å²) in [6.45, 7) is 2.12. The number of para-hydroxylation sites is 1. The third-order valence-electron chi connectivity index (χ3n) is 2.75. The molecule has 15 heavy (non-hydrogen) atoms. The SMILES string of the molecule is Cc1ccc2cnc3ccccc3c2c1. The summed E-state index contributed by atoms with van der Waals surface area (Å²) in [7, 11) is 0. The van der Waals surface area contributed by atoms with Crippen molar-refractivity contribution in [2.75, 3.05) is 0 Å². The van der Waals surface area contributed by atoms with E-state index in [-0.39, 0.29) is 0 Å². The highest BCUT2D eigenvalue weighted by atomic mass is 14.6. The molecule has 1 nitrogen and oxygen atoms in total. The van der Waals surface area contributed by atoms with Crippen molar-refractivity contribution >= 4 is 21.7 Å². The normalized spacial score (nSPS) is 11.0. The molecule has 0 amide bonds. The molecule has 0 atom stereocenters. The Labute approximate surface area is 88.4 Å². The number of rotatable bonds is 0. The van der Waals surface area contributed by atoms with Crippen LogP contribution < -0.4 is 0 Å². The molecule has 0 aliphatic heterocycles. The van der Waals surface area contributed by atoms with Gasteiger partial charge in [0.2, 0.25) is 0 Å². The summed E-state index contributed by atoms with van der Waals surface area (Å²) in [5, 5.41) is 3.73. The van der Waals surface area contributed by atoms with E-state index < -0.39 is 0 Å². The second-order valence-electron chi connectivity index (χ2n) is 3.87. The van der Waals surface area contributed by atoms with E-state index in [4.69, 9.17) is 0 Å². The minimum absolute atomic E-state index is 1.07. The van der Waals surface area contributed by atoms with Crippen molar-refractivity contribution < 1.29 is 0 Å². The van der Waals surface area contributed by atoms with Gasteiger partial charge in [-0.15, -0.1) is 0 Å². The highest BCUT2D eigenvalue weighted by Crippen LogP contribution is 2.23. The molecule has 0 radical (unpaired) electrons. The molecule has 0 aliphatic rings. The summed E-state index contributed by atoms with van der Waals surface area (Å²) in [4.78, 5) is 4.44. The first kappa shape index (κ1) is 8.42. The van der Waals surface area contributed by atoms with Gasteiger partial charge >= 0.3 is 0 Å². The molecule has 1 aromatic heterocycles. The average Bonchev–Trinajstić information content (AvgIpc) is 2.29. The van der Waals surface area contributed by atoms with E-state index in [2.05, 4.69) is 48.3 Å². The fourth-order valence-corrected chi connectivity index (χ4v) is 1.97. The highest BCUT2D eigenvalue weighted by Gasteiger charge is 2.00. The fraction of sp³-hybridized carbons (Fsp3) is 0.0714. The average molecular weight is 193 g/mol. The molecule has 1 heterocycles. The van der Waals surface area contributed by atoms with Gasteiger partial charge in [0.1, 0.15) is 0 Å². The van der Waals surface area contributed by atoms with Crippen LogP contribution >= 0.6 is 0 Å². The number of aryl methyl sites for hydroxylation is 1. The van der Waals surface area contributed by atoms with Gasteiger partial charge < -0.3 is 0 Å². The topological polar surface area (TPSA) is 12.9 Å². The molecule has 1 heteroatoms.